The summed E-state index contributed by atoms with van der Waals surface area (Å²) in [5, 5.41) is 4.16. The molecule has 0 heterocycles. The van der Waals surface area contributed by atoms with E-state index < -0.39 is 5.82 Å². The minimum atomic E-state index is -0.412. The molecule has 2 rings (SSSR count). The van der Waals surface area contributed by atoms with Crippen LogP contribution >= 0.6 is 23.2 Å². The van der Waals surface area contributed by atoms with Gasteiger partial charge in [0, 0.05) is 17.1 Å². The lowest BCUT2D eigenvalue weighted by Crippen LogP contribution is -2.36. The van der Waals surface area contributed by atoms with E-state index in [1.807, 2.05) is 6.92 Å². The van der Waals surface area contributed by atoms with E-state index in [2.05, 4.69) is 12.2 Å². The lowest BCUT2D eigenvalue weighted by atomic mass is 9.84. The first-order valence-electron chi connectivity index (χ1n) is 7.39. The molecular weight excluding hydrogens is 296 g/mol. The molecule has 1 aromatic carbocycles. The summed E-state index contributed by atoms with van der Waals surface area (Å²) in [5.41, 5.74) is 0.774. The number of benzene rings is 1. The highest BCUT2D eigenvalue weighted by molar-refractivity contribution is 6.35. The number of halogens is 3. The third kappa shape index (κ3) is 3.87. The second-order valence-electron chi connectivity index (χ2n) is 5.86. The van der Waals surface area contributed by atoms with Gasteiger partial charge in [0.2, 0.25) is 0 Å². The largest absolute Gasteiger partial charge is 0.307 e. The molecule has 112 valence electrons. The van der Waals surface area contributed by atoms with Gasteiger partial charge < -0.3 is 5.32 Å². The van der Waals surface area contributed by atoms with Crippen molar-refractivity contribution < 1.29 is 4.39 Å². The standard InChI is InChI=1S/C16H22Cl2FN/c1-10(12-6-4-3-5-7-12)20-11(2)13-8-16(19)15(18)9-14(13)17/h8-12,20H,3-7H2,1-2H3/t10-,11?/m0/s1. The van der Waals surface area contributed by atoms with Crippen molar-refractivity contribution in [2.45, 2.75) is 58.0 Å². The molecule has 1 saturated carbocycles. The van der Waals surface area contributed by atoms with E-state index in [4.69, 9.17) is 23.2 Å². The Morgan fingerprint density at radius 3 is 2.40 bits per heavy atom. The van der Waals surface area contributed by atoms with Crippen molar-refractivity contribution in [3.63, 3.8) is 0 Å². The minimum absolute atomic E-state index is 0.0196. The Bertz CT molecular complexity index is 458. The molecule has 1 aromatic rings. The van der Waals surface area contributed by atoms with Gasteiger partial charge in [-0.05, 0) is 50.3 Å². The van der Waals surface area contributed by atoms with Gasteiger partial charge in [0.25, 0.3) is 0 Å². The normalized spacial score (nSPS) is 19.9. The van der Waals surface area contributed by atoms with Crippen molar-refractivity contribution in [3.8, 4) is 0 Å². The first-order chi connectivity index (χ1) is 9.49. The van der Waals surface area contributed by atoms with E-state index in [1.165, 1.54) is 44.2 Å². The van der Waals surface area contributed by atoms with Crippen LogP contribution in [0.1, 0.15) is 57.6 Å². The average molecular weight is 318 g/mol. The second-order valence-corrected chi connectivity index (χ2v) is 6.68. The van der Waals surface area contributed by atoms with Crippen LogP contribution in [0.2, 0.25) is 10.0 Å². The van der Waals surface area contributed by atoms with Crippen molar-refractivity contribution in [2.75, 3.05) is 0 Å². The molecule has 0 aromatic heterocycles. The summed E-state index contributed by atoms with van der Waals surface area (Å²) in [6.07, 6.45) is 6.56. The molecule has 2 atom stereocenters. The molecule has 0 spiro atoms. The van der Waals surface area contributed by atoms with Crippen LogP contribution in [0.5, 0.6) is 0 Å². The summed E-state index contributed by atoms with van der Waals surface area (Å²) >= 11 is 11.9. The van der Waals surface area contributed by atoms with Crippen LogP contribution in [0.3, 0.4) is 0 Å². The summed E-state index contributed by atoms with van der Waals surface area (Å²) in [6.45, 7) is 4.24. The van der Waals surface area contributed by atoms with Gasteiger partial charge in [-0.3, -0.25) is 0 Å². The van der Waals surface area contributed by atoms with Gasteiger partial charge in [-0.15, -0.1) is 0 Å². The number of hydrogen-bond donors (Lipinski definition) is 1. The molecule has 20 heavy (non-hydrogen) atoms. The predicted octanol–water partition coefficient (Wildman–Crippen LogP) is 5.75. The summed E-state index contributed by atoms with van der Waals surface area (Å²) in [6, 6.07) is 3.36. The molecule has 1 N–H and O–H groups in total. The maximum atomic E-state index is 13.6. The average Bonchev–Trinajstić information content (AvgIpc) is 2.43. The topological polar surface area (TPSA) is 12.0 Å². The lowest BCUT2D eigenvalue weighted by Gasteiger charge is -2.31. The van der Waals surface area contributed by atoms with Crippen molar-refractivity contribution in [2.24, 2.45) is 5.92 Å². The highest BCUT2D eigenvalue weighted by Gasteiger charge is 2.22. The van der Waals surface area contributed by atoms with Gasteiger partial charge in [0.1, 0.15) is 5.82 Å². The predicted molar refractivity (Wildman–Crippen MR) is 84.0 cm³/mol. The van der Waals surface area contributed by atoms with E-state index in [0.29, 0.717) is 17.0 Å². The van der Waals surface area contributed by atoms with Crippen molar-refractivity contribution >= 4 is 23.2 Å². The molecular formula is C16H22Cl2FN. The van der Waals surface area contributed by atoms with E-state index in [-0.39, 0.29) is 11.1 Å². The van der Waals surface area contributed by atoms with E-state index in [0.717, 1.165) is 5.56 Å². The van der Waals surface area contributed by atoms with Crippen LogP contribution in [0.15, 0.2) is 12.1 Å². The summed E-state index contributed by atoms with van der Waals surface area (Å²) in [4.78, 5) is 0. The Morgan fingerprint density at radius 2 is 1.75 bits per heavy atom. The monoisotopic (exact) mass is 317 g/mol. The summed E-state index contributed by atoms with van der Waals surface area (Å²) < 4.78 is 13.6. The molecule has 0 saturated heterocycles. The van der Waals surface area contributed by atoms with Crippen LogP contribution in [0, 0.1) is 11.7 Å². The quantitative estimate of drug-likeness (QED) is 0.697. The van der Waals surface area contributed by atoms with Crippen molar-refractivity contribution in [3.05, 3.63) is 33.6 Å². The molecule has 1 unspecified atom stereocenters. The van der Waals surface area contributed by atoms with E-state index >= 15 is 0 Å². The van der Waals surface area contributed by atoms with Gasteiger partial charge in [0.05, 0.1) is 5.02 Å². The first kappa shape index (κ1) is 16.1. The molecule has 4 heteroatoms. The zero-order valence-corrected chi connectivity index (χ0v) is 13.6. The van der Waals surface area contributed by atoms with Gasteiger partial charge in [-0.25, -0.2) is 4.39 Å². The molecule has 0 radical (unpaired) electrons. The number of rotatable bonds is 4. The Balaban J connectivity index is 2.03. The smallest absolute Gasteiger partial charge is 0.142 e. The van der Waals surface area contributed by atoms with Crippen LogP contribution in [0.25, 0.3) is 0 Å². The molecule has 0 bridgehead atoms. The molecule has 0 aliphatic heterocycles. The Morgan fingerprint density at radius 1 is 1.10 bits per heavy atom. The summed E-state index contributed by atoms with van der Waals surface area (Å²) in [7, 11) is 0. The summed E-state index contributed by atoms with van der Waals surface area (Å²) in [5.74, 6) is 0.298. The van der Waals surface area contributed by atoms with E-state index in [1.54, 1.807) is 0 Å². The minimum Gasteiger partial charge on any atom is -0.307 e. The SMILES string of the molecule is CC(N[C@@H](C)C1CCCCC1)c1cc(F)c(Cl)cc1Cl. The third-order valence-corrected chi connectivity index (χ3v) is 4.99. The number of hydrogen-bond acceptors (Lipinski definition) is 1. The maximum absolute atomic E-state index is 13.6. The van der Waals surface area contributed by atoms with Crippen molar-refractivity contribution in [1.82, 2.24) is 5.32 Å². The zero-order valence-electron chi connectivity index (χ0n) is 12.1. The van der Waals surface area contributed by atoms with Crippen LogP contribution in [0.4, 0.5) is 4.39 Å². The highest BCUT2D eigenvalue weighted by Crippen LogP contribution is 2.31. The highest BCUT2D eigenvalue weighted by atomic mass is 35.5. The lowest BCUT2D eigenvalue weighted by molar-refractivity contribution is 0.268. The van der Waals surface area contributed by atoms with Gasteiger partial charge >= 0.3 is 0 Å². The van der Waals surface area contributed by atoms with Gasteiger partial charge in [0.15, 0.2) is 0 Å². The molecule has 1 aliphatic rings. The molecule has 0 amide bonds. The van der Waals surface area contributed by atoms with Gasteiger partial charge in [-0.2, -0.15) is 0 Å². The van der Waals surface area contributed by atoms with Gasteiger partial charge in [-0.1, -0.05) is 42.5 Å². The number of nitrogens with one attached hydrogen (secondary N) is 1. The molecule has 1 fully saturated rings. The molecule has 1 aliphatic carbocycles. The Kier molecular flexibility index (Phi) is 5.71. The van der Waals surface area contributed by atoms with Crippen LogP contribution < -0.4 is 5.32 Å². The second kappa shape index (κ2) is 7.11. The third-order valence-electron chi connectivity index (χ3n) is 4.38. The van der Waals surface area contributed by atoms with Crippen LogP contribution in [-0.4, -0.2) is 6.04 Å². The fraction of sp³-hybridized carbons (Fsp3) is 0.625. The van der Waals surface area contributed by atoms with E-state index in [9.17, 15) is 4.39 Å². The Labute approximate surface area is 130 Å². The maximum Gasteiger partial charge on any atom is 0.142 e. The first-order valence-corrected chi connectivity index (χ1v) is 8.15. The van der Waals surface area contributed by atoms with Crippen LogP contribution in [-0.2, 0) is 0 Å². The van der Waals surface area contributed by atoms with Crippen molar-refractivity contribution in [1.29, 1.82) is 0 Å². The Hall–Kier alpha value is -0.310. The fourth-order valence-corrected chi connectivity index (χ4v) is 3.67. The fourth-order valence-electron chi connectivity index (χ4n) is 3.12. The molecule has 1 nitrogen and oxygen atoms in total. The zero-order chi connectivity index (χ0) is 14.7.